The summed E-state index contributed by atoms with van der Waals surface area (Å²) in [6.45, 7) is 0.377. The van der Waals surface area contributed by atoms with Gasteiger partial charge in [-0.25, -0.2) is 19.3 Å². The average molecular weight is 479 g/mol. The van der Waals surface area contributed by atoms with E-state index < -0.39 is 11.9 Å². The molecule has 1 fully saturated rings. The monoisotopic (exact) mass is 478 g/mol. The van der Waals surface area contributed by atoms with E-state index in [4.69, 9.17) is 4.74 Å². The molecule has 174 valence electrons. The van der Waals surface area contributed by atoms with Crippen LogP contribution in [0.25, 0.3) is 17.1 Å². The smallest absolute Gasteiger partial charge is 0.378 e. The fourth-order valence-electron chi connectivity index (χ4n) is 3.30. The molecule has 0 atom stereocenters. The Balaban J connectivity index is 1.43. The van der Waals surface area contributed by atoms with Gasteiger partial charge < -0.3 is 14.4 Å². The van der Waals surface area contributed by atoms with Gasteiger partial charge in [0.2, 0.25) is 5.91 Å². The predicted octanol–water partition coefficient (Wildman–Crippen LogP) is 3.07. The molecule has 1 aliphatic heterocycles. The first kappa shape index (κ1) is 23.2. The van der Waals surface area contributed by atoms with Gasteiger partial charge in [-0.1, -0.05) is 60.3 Å². The molecule has 0 aliphatic carbocycles. The van der Waals surface area contributed by atoms with Crippen LogP contribution in [0.15, 0.2) is 71.8 Å². The van der Waals surface area contributed by atoms with Crippen LogP contribution in [0.2, 0.25) is 0 Å². The summed E-state index contributed by atoms with van der Waals surface area (Å²) in [5, 5.41) is 4.91. The zero-order chi connectivity index (χ0) is 23.9. The molecule has 1 amide bonds. The van der Waals surface area contributed by atoms with Crippen molar-refractivity contribution < 1.29 is 23.9 Å². The summed E-state index contributed by atoms with van der Waals surface area (Å²) in [5.74, 6) is -0.562. The molecule has 0 unspecified atom stereocenters. The molecule has 2 heterocycles. The maximum atomic E-state index is 12.7. The molecule has 1 aliphatic rings. The van der Waals surface area contributed by atoms with Gasteiger partial charge in [0.1, 0.15) is 0 Å². The molecule has 10 heteroatoms. The maximum Gasteiger partial charge on any atom is 0.378 e. The van der Waals surface area contributed by atoms with Crippen molar-refractivity contribution in [2.45, 2.75) is 6.42 Å². The van der Waals surface area contributed by atoms with Crippen molar-refractivity contribution in [2.75, 3.05) is 26.0 Å². The first-order valence-electron chi connectivity index (χ1n) is 10.5. The van der Waals surface area contributed by atoms with Crippen LogP contribution in [0, 0.1) is 0 Å². The standard InChI is InChI=1S/C24H22N4O5S/c1-32-21(30)15-20-27(19(29)16-34-20)13-8-14-33-24(31)22-25-23(17-9-4-2-5-10-17)28(26-22)18-11-6-3-7-12-18/h2-7,9-12,15H,8,13-14,16H2,1H3/b20-15+. The number of benzene rings is 2. The summed E-state index contributed by atoms with van der Waals surface area (Å²) in [7, 11) is 1.28. The summed E-state index contributed by atoms with van der Waals surface area (Å²) in [6, 6.07) is 18.9. The average Bonchev–Trinajstić information content (AvgIpc) is 3.47. The van der Waals surface area contributed by atoms with Gasteiger partial charge in [-0.3, -0.25) is 4.79 Å². The zero-order valence-corrected chi connectivity index (χ0v) is 19.2. The second kappa shape index (κ2) is 10.8. The highest BCUT2D eigenvalue weighted by Gasteiger charge is 2.27. The lowest BCUT2D eigenvalue weighted by Crippen LogP contribution is -2.27. The molecule has 0 radical (unpaired) electrons. The van der Waals surface area contributed by atoms with E-state index in [2.05, 4.69) is 14.8 Å². The number of thioether (sulfide) groups is 1. The fourth-order valence-corrected chi connectivity index (χ4v) is 4.26. The van der Waals surface area contributed by atoms with Crippen LogP contribution in [0.1, 0.15) is 17.0 Å². The van der Waals surface area contributed by atoms with E-state index in [1.54, 1.807) is 4.68 Å². The molecule has 3 aromatic rings. The molecule has 1 aromatic heterocycles. The van der Waals surface area contributed by atoms with E-state index in [1.165, 1.54) is 29.8 Å². The highest BCUT2D eigenvalue weighted by atomic mass is 32.2. The number of para-hydroxylation sites is 1. The molecule has 0 saturated carbocycles. The number of nitrogens with zero attached hydrogens (tertiary/aromatic N) is 4. The molecule has 4 rings (SSSR count). The van der Waals surface area contributed by atoms with Crippen molar-refractivity contribution in [3.05, 3.63) is 77.6 Å². The van der Waals surface area contributed by atoms with Crippen LogP contribution in [0.4, 0.5) is 0 Å². The number of carbonyl (C=O) groups excluding carboxylic acids is 3. The van der Waals surface area contributed by atoms with E-state index in [1.807, 2.05) is 60.7 Å². The summed E-state index contributed by atoms with van der Waals surface area (Å²) in [4.78, 5) is 42.2. The zero-order valence-electron chi connectivity index (χ0n) is 18.4. The largest absolute Gasteiger partial charge is 0.466 e. The predicted molar refractivity (Wildman–Crippen MR) is 126 cm³/mol. The highest BCUT2D eigenvalue weighted by Crippen LogP contribution is 2.29. The molecule has 1 saturated heterocycles. The third kappa shape index (κ3) is 5.34. The third-order valence-corrected chi connectivity index (χ3v) is 5.96. The van der Waals surface area contributed by atoms with Crippen LogP contribution in [0.5, 0.6) is 0 Å². The van der Waals surface area contributed by atoms with Crippen LogP contribution in [-0.2, 0) is 19.1 Å². The molecule has 2 aromatic carbocycles. The van der Waals surface area contributed by atoms with Crippen LogP contribution in [-0.4, -0.2) is 63.5 Å². The van der Waals surface area contributed by atoms with E-state index in [0.29, 0.717) is 23.8 Å². The second-order valence-corrected chi connectivity index (χ2v) is 8.20. The first-order chi connectivity index (χ1) is 16.6. The van der Waals surface area contributed by atoms with Gasteiger partial charge in [0, 0.05) is 12.1 Å². The van der Waals surface area contributed by atoms with Gasteiger partial charge in [0.25, 0.3) is 5.82 Å². The molecule has 34 heavy (non-hydrogen) atoms. The van der Waals surface area contributed by atoms with Gasteiger partial charge >= 0.3 is 11.9 Å². The van der Waals surface area contributed by atoms with Crippen molar-refractivity contribution >= 4 is 29.6 Å². The molecule has 0 spiro atoms. The number of hydrogen-bond donors (Lipinski definition) is 0. The highest BCUT2D eigenvalue weighted by molar-refractivity contribution is 8.04. The summed E-state index contributed by atoms with van der Waals surface area (Å²) < 4.78 is 11.6. The van der Waals surface area contributed by atoms with Crippen LogP contribution >= 0.6 is 11.8 Å². The Morgan fingerprint density at radius 1 is 1.09 bits per heavy atom. The lowest BCUT2D eigenvalue weighted by Gasteiger charge is -2.16. The van der Waals surface area contributed by atoms with Gasteiger partial charge in [-0.2, -0.15) is 0 Å². The Hall–Kier alpha value is -3.92. The Morgan fingerprint density at radius 2 is 1.79 bits per heavy atom. The van der Waals surface area contributed by atoms with Gasteiger partial charge in [-0.05, 0) is 18.6 Å². The number of aromatic nitrogens is 3. The number of ether oxygens (including phenoxy) is 2. The fraction of sp³-hybridized carbons (Fsp3) is 0.208. The minimum atomic E-state index is -0.653. The van der Waals surface area contributed by atoms with E-state index in [0.717, 1.165) is 11.3 Å². The number of rotatable bonds is 8. The van der Waals surface area contributed by atoms with Crippen molar-refractivity contribution in [3.8, 4) is 17.1 Å². The van der Waals surface area contributed by atoms with Crippen molar-refractivity contribution in [1.29, 1.82) is 0 Å². The van der Waals surface area contributed by atoms with E-state index in [9.17, 15) is 14.4 Å². The molecule has 0 N–H and O–H groups in total. The van der Waals surface area contributed by atoms with Crippen LogP contribution < -0.4 is 0 Å². The molecular formula is C24H22N4O5S. The number of carbonyl (C=O) groups is 3. The summed E-state index contributed by atoms with van der Waals surface area (Å²) >= 11 is 1.27. The first-order valence-corrected chi connectivity index (χ1v) is 11.5. The van der Waals surface area contributed by atoms with Crippen LogP contribution in [0.3, 0.4) is 0 Å². The Kier molecular flexibility index (Phi) is 7.38. The topological polar surface area (TPSA) is 104 Å². The molecular weight excluding hydrogens is 456 g/mol. The number of methoxy groups -OCH3 is 1. The number of amides is 1. The van der Waals surface area contributed by atoms with Crippen molar-refractivity contribution in [3.63, 3.8) is 0 Å². The Labute approximate surface area is 200 Å². The minimum absolute atomic E-state index is 0.0539. The van der Waals surface area contributed by atoms with Gasteiger partial charge in [0.05, 0.1) is 36.3 Å². The van der Waals surface area contributed by atoms with Gasteiger partial charge in [0.15, 0.2) is 5.82 Å². The summed E-state index contributed by atoms with van der Waals surface area (Å²) in [6.07, 6.45) is 1.67. The molecule has 0 bridgehead atoms. The SMILES string of the molecule is COC(=O)/C=C1/SCC(=O)N1CCCOC(=O)c1nc(-c2ccccc2)n(-c2ccccc2)n1. The minimum Gasteiger partial charge on any atom is -0.466 e. The third-order valence-electron chi connectivity index (χ3n) is 4.93. The lowest BCUT2D eigenvalue weighted by molar-refractivity contribution is -0.134. The van der Waals surface area contributed by atoms with Crippen molar-refractivity contribution in [1.82, 2.24) is 19.7 Å². The lowest BCUT2D eigenvalue weighted by atomic mass is 10.2. The van der Waals surface area contributed by atoms with Gasteiger partial charge in [-0.15, -0.1) is 5.10 Å². The number of hydrogen-bond acceptors (Lipinski definition) is 8. The quantitative estimate of drug-likeness (QED) is 0.276. The second-order valence-electron chi connectivity index (χ2n) is 7.20. The maximum absolute atomic E-state index is 12.7. The molecule has 9 nitrogen and oxygen atoms in total. The Bertz CT molecular complexity index is 1150. The van der Waals surface area contributed by atoms with E-state index >= 15 is 0 Å². The summed E-state index contributed by atoms with van der Waals surface area (Å²) in [5.41, 5.74) is 1.58. The number of esters is 2. The van der Waals surface area contributed by atoms with E-state index in [-0.39, 0.29) is 24.1 Å². The normalized spacial score (nSPS) is 14.4. The Morgan fingerprint density at radius 3 is 2.50 bits per heavy atom. The van der Waals surface area contributed by atoms with Crippen molar-refractivity contribution in [2.24, 2.45) is 0 Å².